The van der Waals surface area contributed by atoms with E-state index in [1.165, 1.54) is 0 Å². The molecule has 36 heavy (non-hydrogen) atoms. The van der Waals surface area contributed by atoms with Gasteiger partial charge in [0.25, 0.3) is 5.91 Å². The summed E-state index contributed by atoms with van der Waals surface area (Å²) in [6, 6.07) is 20.1. The number of amides is 1. The predicted molar refractivity (Wildman–Crippen MR) is 134 cm³/mol. The number of carbonyl (C=O) groups excluding carboxylic acids is 1. The number of nitrogens with one attached hydrogen (secondary N) is 2. The number of aromatic amines is 1. The van der Waals surface area contributed by atoms with Crippen molar-refractivity contribution in [2.45, 2.75) is 0 Å². The van der Waals surface area contributed by atoms with E-state index in [0.29, 0.717) is 51.1 Å². The van der Waals surface area contributed by atoms with Crippen molar-refractivity contribution in [1.82, 2.24) is 25.6 Å². The van der Waals surface area contributed by atoms with Crippen molar-refractivity contribution in [2.75, 3.05) is 26.6 Å². The SMILES string of the molecule is COc1cc(-c2cc(C(=O)Nc3cccc(-c4nn[nH]n4)c3)c3ccccc3n2)cc(OC)c1OC. The zero-order chi connectivity index (χ0) is 25.1. The van der Waals surface area contributed by atoms with Crippen LogP contribution in [0.25, 0.3) is 33.5 Å². The number of para-hydroxylation sites is 1. The van der Waals surface area contributed by atoms with Gasteiger partial charge in [0.05, 0.1) is 38.1 Å². The third-order valence-electron chi connectivity index (χ3n) is 5.65. The number of hydrogen-bond donors (Lipinski definition) is 2. The zero-order valence-corrected chi connectivity index (χ0v) is 19.8. The molecule has 0 aliphatic carbocycles. The average molecular weight is 483 g/mol. The fourth-order valence-corrected chi connectivity index (χ4v) is 3.96. The predicted octanol–water partition coefficient (Wildman–Crippen LogP) is 4.36. The molecule has 0 spiro atoms. The summed E-state index contributed by atoms with van der Waals surface area (Å²) in [5.41, 5.74) is 3.75. The molecule has 10 heteroatoms. The van der Waals surface area contributed by atoms with Gasteiger partial charge in [0.2, 0.25) is 11.6 Å². The number of benzene rings is 3. The molecule has 2 aromatic heterocycles. The highest BCUT2D eigenvalue weighted by Crippen LogP contribution is 2.41. The number of aromatic nitrogens is 5. The minimum absolute atomic E-state index is 0.285. The van der Waals surface area contributed by atoms with Crippen LogP contribution in [0.15, 0.2) is 66.7 Å². The van der Waals surface area contributed by atoms with Crippen LogP contribution in [-0.4, -0.2) is 52.8 Å². The Morgan fingerprint density at radius 3 is 2.33 bits per heavy atom. The quantitative estimate of drug-likeness (QED) is 0.351. The lowest BCUT2D eigenvalue weighted by Crippen LogP contribution is -2.13. The van der Waals surface area contributed by atoms with Crippen molar-refractivity contribution >= 4 is 22.5 Å². The van der Waals surface area contributed by atoms with E-state index in [1.807, 2.05) is 36.4 Å². The molecule has 5 aromatic rings. The molecule has 5 rings (SSSR count). The first-order valence-electron chi connectivity index (χ1n) is 11.0. The lowest BCUT2D eigenvalue weighted by atomic mass is 10.0. The number of nitrogens with zero attached hydrogens (tertiary/aromatic N) is 4. The third kappa shape index (κ3) is 4.27. The topological polar surface area (TPSA) is 124 Å². The van der Waals surface area contributed by atoms with Crippen LogP contribution >= 0.6 is 0 Å². The molecule has 0 fully saturated rings. The Bertz CT molecular complexity index is 1530. The number of pyridine rings is 1. The Kier molecular flexibility index (Phi) is 6.14. The molecule has 0 saturated heterocycles. The number of anilines is 1. The van der Waals surface area contributed by atoms with Gasteiger partial charge in [0.1, 0.15) is 0 Å². The van der Waals surface area contributed by atoms with Gasteiger partial charge in [-0.25, -0.2) is 4.98 Å². The molecule has 3 aromatic carbocycles. The van der Waals surface area contributed by atoms with Crippen molar-refractivity contribution in [1.29, 1.82) is 0 Å². The Balaban J connectivity index is 1.57. The van der Waals surface area contributed by atoms with Gasteiger partial charge in [-0.05, 0) is 41.6 Å². The van der Waals surface area contributed by atoms with Crippen molar-refractivity contribution in [3.63, 3.8) is 0 Å². The summed E-state index contributed by atoms with van der Waals surface area (Å²) < 4.78 is 16.4. The highest BCUT2D eigenvalue weighted by atomic mass is 16.5. The second-order valence-corrected chi connectivity index (χ2v) is 7.76. The molecule has 180 valence electrons. The van der Waals surface area contributed by atoms with Gasteiger partial charge in [-0.3, -0.25) is 4.79 Å². The lowest BCUT2D eigenvalue weighted by Gasteiger charge is -2.15. The first-order chi connectivity index (χ1) is 17.6. The van der Waals surface area contributed by atoms with E-state index in [2.05, 4.69) is 25.9 Å². The van der Waals surface area contributed by atoms with Crippen LogP contribution in [0.1, 0.15) is 10.4 Å². The van der Waals surface area contributed by atoms with Crippen LogP contribution in [-0.2, 0) is 0 Å². The fourth-order valence-electron chi connectivity index (χ4n) is 3.96. The largest absolute Gasteiger partial charge is 0.493 e. The molecule has 0 bridgehead atoms. The summed E-state index contributed by atoms with van der Waals surface area (Å²) in [5, 5.41) is 17.7. The van der Waals surface area contributed by atoms with Crippen LogP contribution in [0.4, 0.5) is 5.69 Å². The highest BCUT2D eigenvalue weighted by molar-refractivity contribution is 6.13. The van der Waals surface area contributed by atoms with Crippen LogP contribution < -0.4 is 19.5 Å². The summed E-state index contributed by atoms with van der Waals surface area (Å²) in [6.45, 7) is 0. The van der Waals surface area contributed by atoms with Gasteiger partial charge in [-0.1, -0.05) is 30.3 Å². The zero-order valence-electron chi connectivity index (χ0n) is 19.8. The maximum Gasteiger partial charge on any atom is 0.256 e. The smallest absolute Gasteiger partial charge is 0.256 e. The van der Waals surface area contributed by atoms with Crippen LogP contribution in [0.3, 0.4) is 0 Å². The number of hydrogen-bond acceptors (Lipinski definition) is 8. The Morgan fingerprint density at radius 1 is 0.861 bits per heavy atom. The molecule has 2 N–H and O–H groups in total. The highest BCUT2D eigenvalue weighted by Gasteiger charge is 2.18. The van der Waals surface area contributed by atoms with Gasteiger partial charge in [0, 0.05) is 22.2 Å². The summed E-state index contributed by atoms with van der Waals surface area (Å²) in [5.74, 6) is 1.61. The Morgan fingerprint density at radius 2 is 1.64 bits per heavy atom. The number of fused-ring (bicyclic) bond motifs is 1. The molecule has 0 unspecified atom stereocenters. The molecule has 10 nitrogen and oxygen atoms in total. The van der Waals surface area contributed by atoms with E-state index in [4.69, 9.17) is 19.2 Å². The standard InChI is InChI=1S/C26H22N6O4/c1-34-22-12-16(13-23(35-2)24(22)36-3)21-14-19(18-9-4-5-10-20(18)28-21)26(33)27-17-8-6-7-15(11-17)25-29-31-32-30-25/h4-14H,1-3H3,(H,27,33)(H,29,30,31,32). The lowest BCUT2D eigenvalue weighted by molar-refractivity contribution is 0.102. The van der Waals surface area contributed by atoms with Crippen molar-refractivity contribution in [2.24, 2.45) is 0 Å². The van der Waals surface area contributed by atoms with E-state index in [1.54, 1.807) is 51.7 Å². The van der Waals surface area contributed by atoms with Crippen molar-refractivity contribution < 1.29 is 19.0 Å². The molecule has 0 radical (unpaired) electrons. The first-order valence-corrected chi connectivity index (χ1v) is 11.0. The van der Waals surface area contributed by atoms with Gasteiger partial charge in [-0.2, -0.15) is 5.21 Å². The maximum absolute atomic E-state index is 13.5. The molecule has 1 amide bonds. The van der Waals surface area contributed by atoms with E-state index in [9.17, 15) is 4.79 Å². The van der Waals surface area contributed by atoms with E-state index < -0.39 is 0 Å². The second-order valence-electron chi connectivity index (χ2n) is 7.76. The van der Waals surface area contributed by atoms with E-state index in [0.717, 1.165) is 10.9 Å². The molecule has 0 atom stereocenters. The molecule has 0 saturated carbocycles. The van der Waals surface area contributed by atoms with Gasteiger partial charge in [0.15, 0.2) is 11.5 Å². The Labute approximate surface area is 206 Å². The number of ether oxygens (including phenoxy) is 3. The number of H-pyrrole nitrogens is 1. The number of carbonyl (C=O) groups is 1. The van der Waals surface area contributed by atoms with E-state index in [-0.39, 0.29) is 5.91 Å². The van der Waals surface area contributed by atoms with Crippen LogP contribution in [0.2, 0.25) is 0 Å². The molecular formula is C26H22N6O4. The summed E-state index contributed by atoms with van der Waals surface area (Å²) in [6.07, 6.45) is 0. The normalized spacial score (nSPS) is 10.8. The minimum Gasteiger partial charge on any atom is -0.493 e. The van der Waals surface area contributed by atoms with E-state index >= 15 is 0 Å². The number of methoxy groups -OCH3 is 3. The van der Waals surface area contributed by atoms with Crippen molar-refractivity contribution in [3.8, 4) is 39.9 Å². The summed E-state index contributed by atoms with van der Waals surface area (Å²) >= 11 is 0. The van der Waals surface area contributed by atoms with Crippen LogP contribution in [0, 0.1) is 0 Å². The monoisotopic (exact) mass is 482 g/mol. The summed E-state index contributed by atoms with van der Waals surface area (Å²) in [4.78, 5) is 18.3. The first kappa shape index (κ1) is 22.8. The minimum atomic E-state index is -0.285. The van der Waals surface area contributed by atoms with Gasteiger partial charge < -0.3 is 19.5 Å². The average Bonchev–Trinajstić information content (AvgIpc) is 3.47. The van der Waals surface area contributed by atoms with Gasteiger partial charge in [-0.15, -0.1) is 10.2 Å². The Hall–Kier alpha value is -4.99. The second kappa shape index (κ2) is 9.71. The third-order valence-corrected chi connectivity index (χ3v) is 5.65. The molecule has 0 aliphatic heterocycles. The maximum atomic E-state index is 13.5. The van der Waals surface area contributed by atoms with Crippen molar-refractivity contribution in [3.05, 3.63) is 72.3 Å². The molecule has 0 aliphatic rings. The molecular weight excluding hydrogens is 460 g/mol. The fraction of sp³-hybridized carbons (Fsp3) is 0.115. The van der Waals surface area contributed by atoms with Gasteiger partial charge >= 0.3 is 0 Å². The number of tetrazole rings is 1. The summed E-state index contributed by atoms with van der Waals surface area (Å²) in [7, 11) is 4.65. The number of rotatable bonds is 7. The van der Waals surface area contributed by atoms with Crippen LogP contribution in [0.5, 0.6) is 17.2 Å². The molecule has 2 heterocycles.